The van der Waals surface area contributed by atoms with Gasteiger partial charge in [-0.25, -0.2) is 0 Å². The second-order valence-corrected chi connectivity index (χ2v) is 3.43. The number of hydrogen-bond acceptors (Lipinski definition) is 4. The van der Waals surface area contributed by atoms with E-state index in [-0.39, 0.29) is 18.6 Å². The molecule has 0 aromatic carbocycles. The molecule has 0 bridgehead atoms. The highest BCUT2D eigenvalue weighted by atomic mass is 16.5. The Kier molecular flexibility index (Phi) is 1.91. The number of carbonyl (C=O) groups is 1. The van der Waals surface area contributed by atoms with Crippen LogP contribution in [0.3, 0.4) is 0 Å². The first-order valence-electron chi connectivity index (χ1n) is 4.15. The van der Waals surface area contributed by atoms with Crippen molar-refractivity contribution in [1.82, 2.24) is 5.01 Å². The predicted molar refractivity (Wildman–Crippen MR) is 41.7 cm³/mol. The topological polar surface area (TPSA) is 79.2 Å². The van der Waals surface area contributed by atoms with Crippen LogP contribution in [0.15, 0.2) is 5.29 Å². The van der Waals surface area contributed by atoms with Crippen LogP contribution in [0, 0.1) is 16.7 Å². The van der Waals surface area contributed by atoms with E-state index in [1.54, 1.807) is 0 Å². The minimum atomic E-state index is -0.847. The Morgan fingerprint density at radius 2 is 2.31 bits per heavy atom. The molecule has 0 aromatic rings. The largest absolute Gasteiger partial charge is 0.481 e. The van der Waals surface area contributed by atoms with E-state index in [4.69, 9.17) is 9.84 Å². The summed E-state index contributed by atoms with van der Waals surface area (Å²) < 4.78 is 5.26. The summed E-state index contributed by atoms with van der Waals surface area (Å²) in [7, 11) is 0. The maximum atomic E-state index is 10.7. The average Bonchev–Trinajstić information content (AvgIpc) is 2.59. The van der Waals surface area contributed by atoms with Crippen LogP contribution in [-0.4, -0.2) is 41.9 Å². The smallest absolute Gasteiger partial charge is 0.309 e. The van der Waals surface area contributed by atoms with Crippen LogP contribution in [0.1, 0.15) is 0 Å². The van der Waals surface area contributed by atoms with E-state index < -0.39 is 11.9 Å². The molecule has 0 radical (unpaired) electrons. The van der Waals surface area contributed by atoms with Crippen LogP contribution in [0.2, 0.25) is 0 Å². The van der Waals surface area contributed by atoms with E-state index in [2.05, 4.69) is 5.29 Å². The maximum absolute atomic E-state index is 10.7. The Hall–Kier alpha value is -1.17. The molecular formula is C7H10N2O4. The molecule has 13 heavy (non-hydrogen) atoms. The Bertz CT molecular complexity index is 245. The molecule has 72 valence electrons. The van der Waals surface area contributed by atoms with Crippen LogP contribution in [0.5, 0.6) is 0 Å². The Balaban J connectivity index is 2.07. The van der Waals surface area contributed by atoms with Gasteiger partial charge in [0.2, 0.25) is 0 Å². The lowest BCUT2D eigenvalue weighted by atomic mass is 9.93. The first-order chi connectivity index (χ1) is 6.22. The van der Waals surface area contributed by atoms with Gasteiger partial charge < -0.3 is 9.84 Å². The van der Waals surface area contributed by atoms with Crippen LogP contribution in [-0.2, 0) is 9.53 Å². The molecule has 0 aliphatic carbocycles. The van der Waals surface area contributed by atoms with Gasteiger partial charge in [0.15, 0.2) is 0 Å². The van der Waals surface area contributed by atoms with E-state index in [0.717, 1.165) is 0 Å². The van der Waals surface area contributed by atoms with E-state index in [9.17, 15) is 9.70 Å². The number of ether oxygens (including phenoxy) is 1. The molecule has 2 saturated heterocycles. The summed E-state index contributed by atoms with van der Waals surface area (Å²) in [6, 6.07) is 0. The maximum Gasteiger partial charge on any atom is 0.309 e. The summed E-state index contributed by atoms with van der Waals surface area (Å²) in [6.07, 6.45) is -0.126. The minimum absolute atomic E-state index is 0.0739. The Morgan fingerprint density at radius 3 is 2.92 bits per heavy atom. The monoisotopic (exact) mass is 186 g/mol. The summed E-state index contributed by atoms with van der Waals surface area (Å²) in [5.74, 6) is -1.40. The van der Waals surface area contributed by atoms with E-state index in [0.29, 0.717) is 13.1 Å². The van der Waals surface area contributed by atoms with Crippen LogP contribution in [0.4, 0.5) is 0 Å². The number of aliphatic carboxylic acids is 1. The van der Waals surface area contributed by atoms with Crippen molar-refractivity contribution in [2.75, 3.05) is 19.7 Å². The lowest BCUT2D eigenvalue weighted by molar-refractivity contribution is -0.142. The van der Waals surface area contributed by atoms with Crippen molar-refractivity contribution in [1.29, 1.82) is 0 Å². The average molecular weight is 186 g/mol. The Morgan fingerprint density at radius 1 is 1.54 bits per heavy atom. The number of nitroso groups, excluding NO2 is 1. The molecule has 6 heteroatoms. The molecule has 0 aromatic heterocycles. The molecule has 6 nitrogen and oxygen atoms in total. The van der Waals surface area contributed by atoms with Crippen molar-refractivity contribution in [3.05, 3.63) is 4.91 Å². The fourth-order valence-electron chi connectivity index (χ4n) is 2.01. The molecule has 2 fully saturated rings. The van der Waals surface area contributed by atoms with Crippen molar-refractivity contribution in [2.24, 2.45) is 17.1 Å². The molecular weight excluding hydrogens is 176 g/mol. The van der Waals surface area contributed by atoms with Gasteiger partial charge >= 0.3 is 5.97 Å². The van der Waals surface area contributed by atoms with Gasteiger partial charge in [0.05, 0.1) is 30.5 Å². The third kappa shape index (κ3) is 1.27. The molecule has 2 heterocycles. The van der Waals surface area contributed by atoms with Crippen molar-refractivity contribution >= 4 is 5.97 Å². The first-order valence-corrected chi connectivity index (χ1v) is 4.15. The number of fused-ring (bicyclic) bond motifs is 1. The van der Waals surface area contributed by atoms with Crippen molar-refractivity contribution in [3.8, 4) is 0 Å². The summed E-state index contributed by atoms with van der Waals surface area (Å²) >= 11 is 0. The lowest BCUT2D eigenvalue weighted by Crippen LogP contribution is -2.26. The van der Waals surface area contributed by atoms with Crippen LogP contribution >= 0.6 is 0 Å². The number of carboxylic acids is 1. The van der Waals surface area contributed by atoms with Gasteiger partial charge in [-0.2, -0.15) is 0 Å². The van der Waals surface area contributed by atoms with Gasteiger partial charge in [0.25, 0.3) is 0 Å². The van der Waals surface area contributed by atoms with Crippen molar-refractivity contribution in [2.45, 2.75) is 6.10 Å². The van der Waals surface area contributed by atoms with Gasteiger partial charge in [-0.15, -0.1) is 4.91 Å². The third-order valence-electron chi connectivity index (χ3n) is 2.73. The fourth-order valence-corrected chi connectivity index (χ4v) is 2.01. The zero-order chi connectivity index (χ0) is 9.42. The van der Waals surface area contributed by atoms with Gasteiger partial charge in [-0.1, -0.05) is 0 Å². The highest BCUT2D eigenvalue weighted by Gasteiger charge is 2.47. The lowest BCUT2D eigenvalue weighted by Gasteiger charge is -2.10. The number of rotatable bonds is 2. The molecule has 3 atom stereocenters. The van der Waals surface area contributed by atoms with E-state index in [1.807, 2.05) is 0 Å². The second-order valence-electron chi connectivity index (χ2n) is 3.43. The molecule has 2 aliphatic rings. The van der Waals surface area contributed by atoms with Crippen molar-refractivity contribution < 1.29 is 14.6 Å². The summed E-state index contributed by atoms with van der Waals surface area (Å²) in [4.78, 5) is 20.9. The quantitative estimate of drug-likeness (QED) is 0.599. The molecule has 3 unspecified atom stereocenters. The molecule has 0 spiro atoms. The molecule has 2 aliphatic heterocycles. The van der Waals surface area contributed by atoms with Crippen LogP contribution < -0.4 is 0 Å². The number of hydrogen-bond donors (Lipinski definition) is 1. The third-order valence-corrected chi connectivity index (χ3v) is 2.73. The molecule has 0 amide bonds. The van der Waals surface area contributed by atoms with Crippen LogP contribution in [0.25, 0.3) is 0 Å². The van der Waals surface area contributed by atoms with E-state index >= 15 is 0 Å². The fraction of sp³-hybridized carbons (Fsp3) is 0.857. The summed E-state index contributed by atoms with van der Waals surface area (Å²) in [5.41, 5.74) is 0. The van der Waals surface area contributed by atoms with Crippen molar-refractivity contribution in [3.63, 3.8) is 0 Å². The van der Waals surface area contributed by atoms with Gasteiger partial charge in [0.1, 0.15) is 0 Å². The van der Waals surface area contributed by atoms with E-state index in [1.165, 1.54) is 5.01 Å². The Labute approximate surface area is 74.4 Å². The van der Waals surface area contributed by atoms with Gasteiger partial charge in [-0.05, 0) is 0 Å². The highest BCUT2D eigenvalue weighted by molar-refractivity contribution is 5.71. The highest BCUT2D eigenvalue weighted by Crippen LogP contribution is 2.33. The molecule has 0 saturated carbocycles. The second kappa shape index (κ2) is 2.95. The standard InChI is InChI=1S/C7H10N2O4/c10-7(11)5-3-13-6-2-9(8-12)1-4(5)6/h4-6H,1-3H2,(H,10,11). The minimum Gasteiger partial charge on any atom is -0.481 e. The van der Waals surface area contributed by atoms with Gasteiger partial charge in [-0.3, -0.25) is 9.80 Å². The number of carboxylic acid groups (broad SMARTS) is 1. The van der Waals surface area contributed by atoms with Gasteiger partial charge in [0, 0.05) is 12.5 Å². The normalized spacial score (nSPS) is 37.5. The molecule has 2 rings (SSSR count). The first kappa shape index (κ1) is 8.43. The zero-order valence-electron chi connectivity index (χ0n) is 6.92. The number of nitrogens with zero attached hydrogens (tertiary/aromatic N) is 2. The predicted octanol–water partition coefficient (Wildman–Crippen LogP) is -0.301. The molecule has 1 N–H and O–H groups in total. The zero-order valence-corrected chi connectivity index (χ0v) is 6.92. The summed E-state index contributed by atoms with van der Waals surface area (Å²) in [6.45, 7) is 1.10. The summed E-state index contributed by atoms with van der Waals surface area (Å²) in [5, 5.41) is 12.9. The SMILES string of the molecule is O=NN1CC2OCC(C(=O)O)C2C1.